The number of ether oxygens (including phenoxy) is 2. The van der Waals surface area contributed by atoms with Gasteiger partial charge in [-0.25, -0.2) is 9.69 Å². The topological polar surface area (TPSA) is 72.9 Å². The fraction of sp³-hybridized carbons (Fsp3) is 0.0870. The second-order valence-corrected chi connectivity index (χ2v) is 6.41. The lowest BCUT2D eigenvalue weighted by Crippen LogP contribution is -2.30. The van der Waals surface area contributed by atoms with E-state index in [2.05, 4.69) is 0 Å². The number of esters is 1. The van der Waals surface area contributed by atoms with Crippen molar-refractivity contribution < 1.29 is 23.9 Å². The minimum absolute atomic E-state index is 0.256. The van der Waals surface area contributed by atoms with Crippen LogP contribution in [-0.4, -0.2) is 32.0 Å². The van der Waals surface area contributed by atoms with Gasteiger partial charge in [-0.1, -0.05) is 30.3 Å². The van der Waals surface area contributed by atoms with Gasteiger partial charge in [0.25, 0.3) is 11.8 Å². The average Bonchev–Trinajstić information content (AvgIpc) is 3.03. The van der Waals surface area contributed by atoms with E-state index in [0.29, 0.717) is 33.7 Å². The van der Waals surface area contributed by atoms with Gasteiger partial charge in [-0.05, 0) is 42.0 Å². The second kappa shape index (κ2) is 7.24. The highest BCUT2D eigenvalue weighted by molar-refractivity contribution is 6.35. The third-order valence-electron chi connectivity index (χ3n) is 4.86. The summed E-state index contributed by atoms with van der Waals surface area (Å²) in [5.41, 5.74) is 2.34. The van der Waals surface area contributed by atoms with E-state index in [1.54, 1.807) is 73.8 Å². The van der Waals surface area contributed by atoms with E-state index in [9.17, 15) is 14.4 Å². The smallest absolute Gasteiger partial charge is 0.338 e. The Balaban J connectivity index is 1.94. The molecule has 0 radical (unpaired) electrons. The molecule has 0 aromatic heterocycles. The highest BCUT2D eigenvalue weighted by Crippen LogP contribution is 2.39. The molecule has 3 aromatic rings. The lowest BCUT2D eigenvalue weighted by Gasteiger charge is -2.20. The zero-order valence-corrected chi connectivity index (χ0v) is 15.8. The van der Waals surface area contributed by atoms with Crippen LogP contribution >= 0.6 is 0 Å². The Morgan fingerprint density at radius 2 is 1.41 bits per heavy atom. The van der Waals surface area contributed by atoms with E-state index in [-0.39, 0.29) is 5.56 Å². The van der Waals surface area contributed by atoms with Gasteiger partial charge in [-0.15, -0.1) is 0 Å². The van der Waals surface area contributed by atoms with Crippen molar-refractivity contribution >= 4 is 23.5 Å². The number of hydrogen-bond acceptors (Lipinski definition) is 5. The normalized spacial score (nSPS) is 12.7. The van der Waals surface area contributed by atoms with Crippen LogP contribution in [0.25, 0.3) is 11.1 Å². The molecule has 1 heterocycles. The van der Waals surface area contributed by atoms with Crippen LogP contribution in [0.5, 0.6) is 5.75 Å². The van der Waals surface area contributed by atoms with Gasteiger partial charge in [0.2, 0.25) is 0 Å². The van der Waals surface area contributed by atoms with Crippen molar-refractivity contribution in [2.75, 3.05) is 19.1 Å². The lowest BCUT2D eigenvalue weighted by molar-refractivity contribution is 0.0601. The number of imide groups is 1. The van der Waals surface area contributed by atoms with E-state index in [4.69, 9.17) is 9.47 Å². The number of carbonyl (C=O) groups is 3. The molecule has 6 nitrogen and oxygen atoms in total. The minimum atomic E-state index is -0.561. The Morgan fingerprint density at radius 1 is 0.793 bits per heavy atom. The molecule has 0 atom stereocenters. The molecular weight excluding hydrogens is 370 g/mol. The number of methoxy groups -OCH3 is 2. The van der Waals surface area contributed by atoms with Gasteiger partial charge in [0.05, 0.1) is 36.6 Å². The van der Waals surface area contributed by atoms with Crippen LogP contribution in [0.4, 0.5) is 5.69 Å². The van der Waals surface area contributed by atoms with Crippen molar-refractivity contribution in [2.24, 2.45) is 0 Å². The maximum Gasteiger partial charge on any atom is 0.338 e. The molecule has 3 aromatic carbocycles. The summed E-state index contributed by atoms with van der Waals surface area (Å²) in [6, 6.07) is 18.6. The van der Waals surface area contributed by atoms with Crippen LogP contribution in [-0.2, 0) is 4.74 Å². The predicted molar refractivity (Wildman–Crippen MR) is 107 cm³/mol. The first-order chi connectivity index (χ1) is 14.1. The second-order valence-electron chi connectivity index (χ2n) is 6.41. The van der Waals surface area contributed by atoms with Crippen molar-refractivity contribution in [3.8, 4) is 16.9 Å². The fourth-order valence-electron chi connectivity index (χ4n) is 3.48. The third-order valence-corrected chi connectivity index (χ3v) is 4.86. The van der Waals surface area contributed by atoms with E-state index in [0.717, 1.165) is 4.90 Å². The standard InChI is InChI=1S/C23H17NO5/c1-28-15-12-10-14(11-13-15)20-18(23(27)29-2)8-5-9-19(20)24-21(25)16-6-3-4-7-17(16)22(24)26/h3-13H,1-2H3. The number of amides is 2. The Hall–Kier alpha value is -3.93. The Labute approximate surface area is 167 Å². The molecule has 2 amide bonds. The van der Waals surface area contributed by atoms with Crippen LogP contribution in [0.2, 0.25) is 0 Å². The fourth-order valence-corrected chi connectivity index (χ4v) is 3.48. The quantitative estimate of drug-likeness (QED) is 0.501. The Bertz CT molecular complexity index is 1100. The average molecular weight is 387 g/mol. The first-order valence-corrected chi connectivity index (χ1v) is 8.90. The van der Waals surface area contributed by atoms with E-state index >= 15 is 0 Å². The molecule has 4 rings (SSSR count). The molecule has 1 aliphatic heterocycles. The van der Waals surface area contributed by atoms with E-state index in [1.807, 2.05) is 0 Å². The maximum atomic E-state index is 13.0. The molecular formula is C23H17NO5. The molecule has 0 N–H and O–H groups in total. The van der Waals surface area contributed by atoms with Gasteiger partial charge in [0.15, 0.2) is 0 Å². The summed E-state index contributed by atoms with van der Waals surface area (Å²) in [5.74, 6) is -0.773. The van der Waals surface area contributed by atoms with E-state index in [1.165, 1.54) is 7.11 Å². The zero-order chi connectivity index (χ0) is 20.5. The number of nitrogens with zero attached hydrogens (tertiary/aromatic N) is 1. The summed E-state index contributed by atoms with van der Waals surface area (Å²) in [6.45, 7) is 0. The number of benzene rings is 3. The summed E-state index contributed by atoms with van der Waals surface area (Å²) in [5, 5.41) is 0. The minimum Gasteiger partial charge on any atom is -0.497 e. The first-order valence-electron chi connectivity index (χ1n) is 8.90. The number of fused-ring (bicyclic) bond motifs is 1. The maximum absolute atomic E-state index is 13.0. The molecule has 0 aliphatic carbocycles. The highest BCUT2D eigenvalue weighted by Gasteiger charge is 2.38. The number of anilines is 1. The van der Waals surface area contributed by atoms with Crippen molar-refractivity contribution in [3.05, 3.63) is 83.4 Å². The van der Waals surface area contributed by atoms with Crippen LogP contribution in [0, 0.1) is 0 Å². The number of rotatable bonds is 4. The summed E-state index contributed by atoms with van der Waals surface area (Å²) >= 11 is 0. The first kappa shape index (κ1) is 18.4. The zero-order valence-electron chi connectivity index (χ0n) is 15.8. The third kappa shape index (κ3) is 2.95. The van der Waals surface area contributed by atoms with Crippen LogP contribution in [0.15, 0.2) is 66.7 Å². The van der Waals surface area contributed by atoms with Gasteiger partial charge < -0.3 is 9.47 Å². The summed E-state index contributed by atoms with van der Waals surface area (Å²) in [7, 11) is 2.84. The number of hydrogen-bond donors (Lipinski definition) is 0. The molecule has 1 aliphatic rings. The Morgan fingerprint density at radius 3 is 1.97 bits per heavy atom. The Kier molecular flexibility index (Phi) is 4.60. The molecule has 6 heteroatoms. The molecule has 0 spiro atoms. The van der Waals surface area contributed by atoms with Gasteiger partial charge in [0, 0.05) is 5.56 Å². The lowest BCUT2D eigenvalue weighted by atomic mass is 9.96. The van der Waals surface area contributed by atoms with Crippen LogP contribution in [0.1, 0.15) is 31.1 Å². The predicted octanol–water partition coefficient (Wildman–Crippen LogP) is 3.95. The molecule has 0 fully saturated rings. The summed E-state index contributed by atoms with van der Waals surface area (Å²) in [6.07, 6.45) is 0. The highest BCUT2D eigenvalue weighted by atomic mass is 16.5. The molecule has 0 bridgehead atoms. The summed E-state index contributed by atoms with van der Waals surface area (Å²) in [4.78, 5) is 39.6. The van der Waals surface area contributed by atoms with Crippen molar-refractivity contribution in [1.29, 1.82) is 0 Å². The monoisotopic (exact) mass is 387 g/mol. The summed E-state index contributed by atoms with van der Waals surface area (Å²) < 4.78 is 10.1. The molecule has 0 unspecified atom stereocenters. The van der Waals surface area contributed by atoms with Crippen LogP contribution < -0.4 is 9.64 Å². The molecule has 0 saturated carbocycles. The van der Waals surface area contributed by atoms with Crippen molar-refractivity contribution in [2.45, 2.75) is 0 Å². The largest absolute Gasteiger partial charge is 0.497 e. The molecule has 29 heavy (non-hydrogen) atoms. The van der Waals surface area contributed by atoms with Gasteiger partial charge in [-0.2, -0.15) is 0 Å². The number of carbonyl (C=O) groups excluding carboxylic acids is 3. The van der Waals surface area contributed by atoms with Crippen molar-refractivity contribution in [1.82, 2.24) is 0 Å². The van der Waals surface area contributed by atoms with Crippen molar-refractivity contribution in [3.63, 3.8) is 0 Å². The van der Waals surface area contributed by atoms with Crippen LogP contribution in [0.3, 0.4) is 0 Å². The van der Waals surface area contributed by atoms with Gasteiger partial charge in [0.1, 0.15) is 5.75 Å². The van der Waals surface area contributed by atoms with Gasteiger partial charge in [-0.3, -0.25) is 9.59 Å². The molecule has 144 valence electrons. The SMILES string of the molecule is COC(=O)c1cccc(N2C(=O)c3ccccc3C2=O)c1-c1ccc(OC)cc1. The van der Waals surface area contributed by atoms with Gasteiger partial charge >= 0.3 is 5.97 Å². The molecule has 0 saturated heterocycles. The van der Waals surface area contributed by atoms with E-state index < -0.39 is 17.8 Å².